The third kappa shape index (κ3) is 2.93. The second-order valence-electron chi connectivity index (χ2n) is 4.71. The molecule has 0 radical (unpaired) electrons. The van der Waals surface area contributed by atoms with Gasteiger partial charge in [0.1, 0.15) is 11.5 Å². The molecule has 0 aliphatic rings. The summed E-state index contributed by atoms with van der Waals surface area (Å²) in [4.78, 5) is 0. The minimum atomic E-state index is -0.182. The molecule has 1 heterocycles. The van der Waals surface area contributed by atoms with Crippen LogP contribution in [0.3, 0.4) is 0 Å². The fourth-order valence-electron chi connectivity index (χ4n) is 1.87. The first-order chi connectivity index (χ1) is 8.56. The molecule has 2 N–H and O–H groups in total. The van der Waals surface area contributed by atoms with Gasteiger partial charge in [0, 0.05) is 5.56 Å². The number of aryl methyl sites for hydroxylation is 1. The minimum absolute atomic E-state index is 0.160. The summed E-state index contributed by atoms with van der Waals surface area (Å²) in [7, 11) is 0. The molecule has 0 aliphatic carbocycles. The molecule has 0 aliphatic heterocycles. The normalized spacial score (nSPS) is 12.7. The van der Waals surface area contributed by atoms with E-state index in [0.29, 0.717) is 0 Å². The SMILES string of the molecule is Cc1cc(C(N)c2cccc(OC(C)C)c2)co1. The van der Waals surface area contributed by atoms with E-state index < -0.39 is 0 Å². The zero-order chi connectivity index (χ0) is 13.1. The fraction of sp³-hybridized carbons (Fsp3) is 0.333. The molecule has 18 heavy (non-hydrogen) atoms. The first-order valence-corrected chi connectivity index (χ1v) is 6.13. The molecule has 0 bridgehead atoms. The Morgan fingerprint density at radius 3 is 2.56 bits per heavy atom. The Labute approximate surface area is 108 Å². The Hall–Kier alpha value is -1.74. The van der Waals surface area contributed by atoms with Gasteiger partial charge in [0.15, 0.2) is 0 Å². The molecule has 0 saturated heterocycles. The van der Waals surface area contributed by atoms with Crippen LogP contribution in [0.5, 0.6) is 5.75 Å². The minimum Gasteiger partial charge on any atom is -0.491 e. The van der Waals surface area contributed by atoms with Crippen molar-refractivity contribution in [3.63, 3.8) is 0 Å². The van der Waals surface area contributed by atoms with Crippen molar-refractivity contribution < 1.29 is 9.15 Å². The predicted octanol–water partition coefficient (Wildman–Crippen LogP) is 3.42. The summed E-state index contributed by atoms with van der Waals surface area (Å²) in [5.74, 6) is 1.72. The lowest BCUT2D eigenvalue weighted by molar-refractivity contribution is 0.242. The van der Waals surface area contributed by atoms with Crippen molar-refractivity contribution in [3.05, 3.63) is 53.5 Å². The molecule has 3 heteroatoms. The van der Waals surface area contributed by atoms with E-state index in [4.69, 9.17) is 14.9 Å². The number of hydrogen-bond donors (Lipinski definition) is 1. The number of nitrogens with two attached hydrogens (primary N) is 1. The van der Waals surface area contributed by atoms with E-state index in [-0.39, 0.29) is 12.1 Å². The maximum Gasteiger partial charge on any atom is 0.120 e. The van der Waals surface area contributed by atoms with Gasteiger partial charge in [0.05, 0.1) is 18.4 Å². The molecule has 1 unspecified atom stereocenters. The highest BCUT2D eigenvalue weighted by molar-refractivity contribution is 5.35. The monoisotopic (exact) mass is 245 g/mol. The van der Waals surface area contributed by atoms with Gasteiger partial charge in [-0.15, -0.1) is 0 Å². The number of hydrogen-bond acceptors (Lipinski definition) is 3. The molecule has 1 atom stereocenters. The summed E-state index contributed by atoms with van der Waals surface area (Å²) in [5, 5.41) is 0. The van der Waals surface area contributed by atoms with Crippen LogP contribution >= 0.6 is 0 Å². The molecular weight excluding hydrogens is 226 g/mol. The summed E-state index contributed by atoms with van der Waals surface area (Å²) in [5.41, 5.74) is 8.22. The lowest BCUT2D eigenvalue weighted by Gasteiger charge is -2.14. The van der Waals surface area contributed by atoms with Crippen molar-refractivity contribution in [1.29, 1.82) is 0 Å². The number of ether oxygens (including phenoxy) is 1. The molecule has 2 rings (SSSR count). The Morgan fingerprint density at radius 2 is 1.94 bits per heavy atom. The van der Waals surface area contributed by atoms with Crippen molar-refractivity contribution in [1.82, 2.24) is 0 Å². The van der Waals surface area contributed by atoms with E-state index in [1.54, 1.807) is 6.26 Å². The second-order valence-corrected chi connectivity index (χ2v) is 4.71. The average molecular weight is 245 g/mol. The highest BCUT2D eigenvalue weighted by Crippen LogP contribution is 2.25. The quantitative estimate of drug-likeness (QED) is 0.897. The van der Waals surface area contributed by atoms with E-state index in [1.165, 1.54) is 0 Å². The average Bonchev–Trinajstić information content (AvgIpc) is 2.74. The van der Waals surface area contributed by atoms with Crippen LogP contribution in [0.4, 0.5) is 0 Å². The largest absolute Gasteiger partial charge is 0.491 e. The van der Waals surface area contributed by atoms with Gasteiger partial charge in [-0.2, -0.15) is 0 Å². The van der Waals surface area contributed by atoms with E-state index in [1.807, 2.05) is 51.1 Å². The molecule has 3 nitrogen and oxygen atoms in total. The standard InChI is InChI=1S/C15H19NO2/c1-10(2)18-14-6-4-5-12(8-14)15(16)13-7-11(3)17-9-13/h4-10,15H,16H2,1-3H3. The van der Waals surface area contributed by atoms with Crippen LogP contribution in [0.1, 0.15) is 36.8 Å². The lowest BCUT2D eigenvalue weighted by Crippen LogP contribution is -2.12. The predicted molar refractivity (Wildman–Crippen MR) is 71.7 cm³/mol. The van der Waals surface area contributed by atoms with Crippen molar-refractivity contribution in [3.8, 4) is 5.75 Å². The zero-order valence-electron chi connectivity index (χ0n) is 11.0. The van der Waals surface area contributed by atoms with E-state index in [0.717, 1.165) is 22.6 Å². The maximum absolute atomic E-state index is 6.21. The molecule has 2 aromatic rings. The van der Waals surface area contributed by atoms with Crippen LogP contribution in [-0.2, 0) is 0 Å². The number of benzene rings is 1. The number of furan rings is 1. The Balaban J connectivity index is 2.22. The van der Waals surface area contributed by atoms with Crippen molar-refractivity contribution >= 4 is 0 Å². The van der Waals surface area contributed by atoms with Crippen molar-refractivity contribution in [2.45, 2.75) is 32.9 Å². The molecule has 0 spiro atoms. The summed E-state index contributed by atoms with van der Waals surface area (Å²) < 4.78 is 11.0. The summed E-state index contributed by atoms with van der Waals surface area (Å²) in [6, 6.07) is 9.66. The maximum atomic E-state index is 6.21. The Bertz CT molecular complexity index is 517. The molecule has 0 amide bonds. The van der Waals surface area contributed by atoms with Gasteiger partial charge in [-0.05, 0) is 44.5 Å². The second kappa shape index (κ2) is 5.27. The van der Waals surface area contributed by atoms with Gasteiger partial charge < -0.3 is 14.9 Å². The van der Waals surface area contributed by atoms with Crippen LogP contribution in [0.25, 0.3) is 0 Å². The first-order valence-electron chi connectivity index (χ1n) is 6.13. The van der Waals surface area contributed by atoms with Crippen LogP contribution in [-0.4, -0.2) is 6.10 Å². The molecule has 1 aromatic heterocycles. The molecule has 0 fully saturated rings. The summed E-state index contributed by atoms with van der Waals surface area (Å²) >= 11 is 0. The van der Waals surface area contributed by atoms with Gasteiger partial charge in [0.25, 0.3) is 0 Å². The topological polar surface area (TPSA) is 48.4 Å². The molecule has 96 valence electrons. The van der Waals surface area contributed by atoms with Gasteiger partial charge in [0.2, 0.25) is 0 Å². The zero-order valence-corrected chi connectivity index (χ0v) is 11.0. The van der Waals surface area contributed by atoms with Crippen LogP contribution in [0, 0.1) is 6.92 Å². The van der Waals surface area contributed by atoms with E-state index in [2.05, 4.69) is 0 Å². The van der Waals surface area contributed by atoms with Gasteiger partial charge in [-0.1, -0.05) is 12.1 Å². The summed E-state index contributed by atoms with van der Waals surface area (Å²) in [6.07, 6.45) is 1.86. The van der Waals surface area contributed by atoms with Crippen LogP contribution in [0.2, 0.25) is 0 Å². The Kier molecular flexibility index (Phi) is 3.72. The summed E-state index contributed by atoms with van der Waals surface area (Å²) in [6.45, 7) is 5.92. The molecular formula is C15H19NO2. The first kappa shape index (κ1) is 12.7. The molecule has 1 aromatic carbocycles. The number of rotatable bonds is 4. The highest BCUT2D eigenvalue weighted by Gasteiger charge is 2.12. The molecule has 0 saturated carbocycles. The smallest absolute Gasteiger partial charge is 0.120 e. The van der Waals surface area contributed by atoms with Crippen LogP contribution < -0.4 is 10.5 Å². The van der Waals surface area contributed by atoms with Crippen molar-refractivity contribution in [2.24, 2.45) is 5.73 Å². The van der Waals surface area contributed by atoms with Gasteiger partial charge >= 0.3 is 0 Å². The van der Waals surface area contributed by atoms with Gasteiger partial charge in [-0.25, -0.2) is 0 Å². The highest BCUT2D eigenvalue weighted by atomic mass is 16.5. The fourth-order valence-corrected chi connectivity index (χ4v) is 1.87. The third-order valence-electron chi connectivity index (χ3n) is 2.70. The van der Waals surface area contributed by atoms with E-state index in [9.17, 15) is 0 Å². The van der Waals surface area contributed by atoms with Crippen LogP contribution in [0.15, 0.2) is 41.0 Å². The van der Waals surface area contributed by atoms with Gasteiger partial charge in [-0.3, -0.25) is 0 Å². The Morgan fingerprint density at radius 1 is 1.17 bits per heavy atom. The van der Waals surface area contributed by atoms with Crippen molar-refractivity contribution in [2.75, 3.05) is 0 Å². The third-order valence-corrected chi connectivity index (χ3v) is 2.70. The lowest BCUT2D eigenvalue weighted by atomic mass is 10.0. The van der Waals surface area contributed by atoms with E-state index >= 15 is 0 Å².